The van der Waals surface area contributed by atoms with Gasteiger partial charge >= 0.3 is 0 Å². The minimum atomic E-state index is 0.620. The Bertz CT molecular complexity index is 1370. The van der Waals surface area contributed by atoms with E-state index in [1.165, 1.54) is 5.56 Å². The fourth-order valence-corrected chi connectivity index (χ4v) is 3.77. The zero-order chi connectivity index (χ0) is 21.9. The number of anilines is 3. The van der Waals surface area contributed by atoms with Crippen LogP contribution in [0.1, 0.15) is 5.56 Å². The van der Waals surface area contributed by atoms with Crippen molar-refractivity contribution in [2.24, 2.45) is 0 Å². The van der Waals surface area contributed by atoms with E-state index in [9.17, 15) is 0 Å². The highest BCUT2D eigenvalue weighted by Gasteiger charge is 2.17. The van der Waals surface area contributed by atoms with Gasteiger partial charge in [0.15, 0.2) is 0 Å². The molecule has 0 bridgehead atoms. The van der Waals surface area contributed by atoms with Crippen molar-refractivity contribution >= 4 is 28.1 Å². The van der Waals surface area contributed by atoms with Gasteiger partial charge in [-0.2, -0.15) is 0 Å². The molecule has 0 aliphatic rings. The molecule has 4 heteroatoms. The molecule has 5 rings (SSSR count). The molecule has 1 heterocycles. The molecule has 5 aromatic rings. The van der Waals surface area contributed by atoms with E-state index in [0.29, 0.717) is 5.82 Å². The molecular formula is C28H22N3O-. The molecular weight excluding hydrogens is 394 g/mol. The highest BCUT2D eigenvalue weighted by molar-refractivity contribution is 5.96. The zero-order valence-corrected chi connectivity index (χ0v) is 18.0. The predicted molar refractivity (Wildman–Crippen MR) is 130 cm³/mol. The molecule has 0 unspecified atom stereocenters. The van der Waals surface area contributed by atoms with E-state index in [0.717, 1.165) is 39.4 Å². The Labute approximate surface area is 187 Å². The van der Waals surface area contributed by atoms with Crippen LogP contribution in [0.25, 0.3) is 22.3 Å². The van der Waals surface area contributed by atoms with E-state index < -0.39 is 0 Å². The second-order valence-corrected chi connectivity index (χ2v) is 7.54. The van der Waals surface area contributed by atoms with Crippen LogP contribution in [-0.4, -0.2) is 17.1 Å². The number of hydrogen-bond donors (Lipinski definition) is 0. The second-order valence-electron chi connectivity index (χ2n) is 7.54. The van der Waals surface area contributed by atoms with Crippen LogP contribution in [-0.2, 0) is 0 Å². The molecule has 32 heavy (non-hydrogen) atoms. The van der Waals surface area contributed by atoms with Crippen molar-refractivity contribution in [1.82, 2.24) is 9.97 Å². The summed E-state index contributed by atoms with van der Waals surface area (Å²) in [5.41, 5.74) is 4.96. The molecule has 0 amide bonds. The SMILES string of the molecule is COc1c[c-]c(-c2nc(N(c3ccccc3)c3cccc(C)c3)c3ccccc3n2)cc1. The average molecular weight is 417 g/mol. The van der Waals surface area contributed by atoms with Crippen LogP contribution in [0.4, 0.5) is 17.2 Å². The summed E-state index contributed by atoms with van der Waals surface area (Å²) in [5, 5.41) is 0.982. The molecule has 0 aliphatic heterocycles. The lowest BCUT2D eigenvalue weighted by molar-refractivity contribution is 0.415. The van der Waals surface area contributed by atoms with E-state index in [2.05, 4.69) is 60.4 Å². The third-order valence-electron chi connectivity index (χ3n) is 5.33. The molecule has 0 saturated carbocycles. The molecule has 0 fully saturated rings. The highest BCUT2D eigenvalue weighted by atomic mass is 16.5. The van der Waals surface area contributed by atoms with E-state index >= 15 is 0 Å². The van der Waals surface area contributed by atoms with Crippen LogP contribution in [0.5, 0.6) is 5.75 Å². The number of hydrogen-bond acceptors (Lipinski definition) is 4. The number of aryl methyl sites for hydroxylation is 1. The molecule has 0 N–H and O–H groups in total. The van der Waals surface area contributed by atoms with Gasteiger partial charge in [0.2, 0.25) is 0 Å². The van der Waals surface area contributed by atoms with Crippen molar-refractivity contribution in [3.8, 4) is 17.1 Å². The van der Waals surface area contributed by atoms with E-state index in [-0.39, 0.29) is 0 Å². The van der Waals surface area contributed by atoms with Gasteiger partial charge in [-0.1, -0.05) is 42.5 Å². The lowest BCUT2D eigenvalue weighted by Crippen LogP contribution is -2.13. The zero-order valence-electron chi connectivity index (χ0n) is 18.0. The number of benzene rings is 4. The summed E-state index contributed by atoms with van der Waals surface area (Å²) in [5.74, 6) is 2.20. The number of ether oxygens (including phenoxy) is 1. The van der Waals surface area contributed by atoms with Gasteiger partial charge < -0.3 is 4.74 Å². The first-order chi connectivity index (χ1) is 15.7. The summed E-state index contributed by atoms with van der Waals surface area (Å²) >= 11 is 0. The first-order valence-electron chi connectivity index (χ1n) is 10.5. The topological polar surface area (TPSA) is 38.2 Å². The Balaban J connectivity index is 1.77. The Morgan fingerprint density at radius 2 is 1.56 bits per heavy atom. The normalized spacial score (nSPS) is 10.8. The number of nitrogens with zero attached hydrogens (tertiary/aromatic N) is 3. The fourth-order valence-electron chi connectivity index (χ4n) is 3.77. The second kappa shape index (κ2) is 8.52. The lowest BCUT2D eigenvalue weighted by atomic mass is 10.1. The number of para-hydroxylation sites is 2. The molecule has 156 valence electrons. The average Bonchev–Trinajstić information content (AvgIpc) is 2.85. The summed E-state index contributed by atoms with van der Waals surface area (Å²) in [6.07, 6.45) is 0. The van der Waals surface area contributed by atoms with Crippen LogP contribution in [0, 0.1) is 13.0 Å². The summed E-state index contributed by atoms with van der Waals surface area (Å²) < 4.78 is 5.28. The number of methoxy groups -OCH3 is 1. The summed E-state index contributed by atoms with van der Waals surface area (Å²) in [7, 11) is 1.65. The standard InChI is InChI=1S/C28H22N3O/c1-20-9-8-12-23(19-20)31(22-10-4-3-5-11-22)28-25-13-6-7-14-26(25)29-27(30-28)21-15-17-24(32-2)18-16-21/h3-15,17-19H,1-2H3/q-1. The maximum Gasteiger partial charge on any atom is 0.139 e. The van der Waals surface area contributed by atoms with Gasteiger partial charge in [0.05, 0.1) is 18.5 Å². The number of fused-ring (bicyclic) bond motifs is 1. The van der Waals surface area contributed by atoms with Crippen LogP contribution >= 0.6 is 0 Å². The molecule has 4 nitrogen and oxygen atoms in total. The predicted octanol–water partition coefficient (Wildman–Crippen LogP) is 6.88. The van der Waals surface area contributed by atoms with Gasteiger partial charge in [0, 0.05) is 22.5 Å². The summed E-state index contributed by atoms with van der Waals surface area (Å²) in [6, 6.07) is 35.8. The molecule has 0 spiro atoms. The Kier molecular flexibility index (Phi) is 5.26. The molecule has 0 radical (unpaired) electrons. The Hall–Kier alpha value is -4.18. The van der Waals surface area contributed by atoms with Crippen molar-refractivity contribution in [2.75, 3.05) is 12.0 Å². The van der Waals surface area contributed by atoms with Crippen molar-refractivity contribution in [3.05, 3.63) is 109 Å². The first-order valence-corrected chi connectivity index (χ1v) is 10.5. The molecule has 0 atom stereocenters. The Morgan fingerprint density at radius 3 is 2.31 bits per heavy atom. The molecule has 4 aromatic carbocycles. The van der Waals surface area contributed by atoms with Gasteiger partial charge in [-0.25, -0.2) is 0 Å². The highest BCUT2D eigenvalue weighted by Crippen LogP contribution is 2.38. The summed E-state index contributed by atoms with van der Waals surface area (Å²) in [4.78, 5) is 12.1. The minimum absolute atomic E-state index is 0.620. The monoisotopic (exact) mass is 416 g/mol. The fraction of sp³-hybridized carbons (Fsp3) is 0.0714. The third kappa shape index (κ3) is 3.79. The lowest BCUT2D eigenvalue weighted by Gasteiger charge is -2.27. The third-order valence-corrected chi connectivity index (χ3v) is 5.33. The van der Waals surface area contributed by atoms with E-state index in [1.54, 1.807) is 7.11 Å². The van der Waals surface area contributed by atoms with Gasteiger partial charge in [-0.3, -0.25) is 14.9 Å². The van der Waals surface area contributed by atoms with Crippen molar-refractivity contribution in [1.29, 1.82) is 0 Å². The number of aromatic nitrogens is 2. The smallest absolute Gasteiger partial charge is 0.139 e. The molecule has 0 saturated heterocycles. The quantitative estimate of drug-likeness (QED) is 0.293. The van der Waals surface area contributed by atoms with Gasteiger partial charge in [0.1, 0.15) is 5.82 Å². The van der Waals surface area contributed by atoms with Crippen LogP contribution < -0.4 is 9.64 Å². The first kappa shape index (κ1) is 19.8. The van der Waals surface area contributed by atoms with E-state index in [1.807, 2.05) is 54.6 Å². The Morgan fingerprint density at radius 1 is 0.781 bits per heavy atom. The van der Waals surface area contributed by atoms with Crippen molar-refractivity contribution in [3.63, 3.8) is 0 Å². The minimum Gasteiger partial charge on any atom is -0.540 e. The van der Waals surface area contributed by atoms with Gasteiger partial charge in [-0.05, 0) is 48.9 Å². The largest absolute Gasteiger partial charge is 0.540 e. The maximum atomic E-state index is 5.28. The van der Waals surface area contributed by atoms with Crippen molar-refractivity contribution in [2.45, 2.75) is 6.92 Å². The maximum absolute atomic E-state index is 5.28. The van der Waals surface area contributed by atoms with Gasteiger partial charge in [-0.15, -0.1) is 29.8 Å². The number of rotatable bonds is 5. The van der Waals surface area contributed by atoms with Crippen molar-refractivity contribution < 1.29 is 4.74 Å². The summed E-state index contributed by atoms with van der Waals surface area (Å²) in [6.45, 7) is 2.10. The van der Waals surface area contributed by atoms with E-state index in [4.69, 9.17) is 14.7 Å². The van der Waals surface area contributed by atoms with Crippen LogP contribution in [0.15, 0.2) is 97.1 Å². The van der Waals surface area contributed by atoms with Gasteiger partial charge in [0.25, 0.3) is 0 Å². The van der Waals surface area contributed by atoms with Crippen LogP contribution in [0.3, 0.4) is 0 Å². The molecule has 1 aromatic heterocycles. The van der Waals surface area contributed by atoms with Crippen LogP contribution in [0.2, 0.25) is 0 Å². The molecule has 0 aliphatic carbocycles.